The normalized spacial score (nSPS) is 35.5. The van der Waals surface area contributed by atoms with Crippen LogP contribution in [0.3, 0.4) is 0 Å². The van der Waals surface area contributed by atoms with E-state index in [1.165, 1.54) is 38.5 Å². The van der Waals surface area contributed by atoms with E-state index in [1.807, 2.05) is 0 Å². The third-order valence-corrected chi connectivity index (χ3v) is 5.53. The Bertz CT molecular complexity index is 272. The lowest BCUT2D eigenvalue weighted by atomic mass is 9.57. The molecule has 16 heavy (non-hydrogen) atoms. The first kappa shape index (κ1) is 12.2. The summed E-state index contributed by atoms with van der Waals surface area (Å²) in [6.45, 7) is 9.73. The van der Waals surface area contributed by atoms with Gasteiger partial charge in [-0.05, 0) is 55.8 Å². The lowest BCUT2D eigenvalue weighted by molar-refractivity contribution is 0.0500. The number of rotatable bonds is 2. The van der Waals surface area contributed by atoms with E-state index in [9.17, 15) is 0 Å². The van der Waals surface area contributed by atoms with Crippen LogP contribution in [0.5, 0.6) is 0 Å². The average molecular weight is 220 g/mol. The molecular formula is C16H28. The van der Waals surface area contributed by atoms with Crippen LogP contribution in [0.4, 0.5) is 0 Å². The van der Waals surface area contributed by atoms with Gasteiger partial charge in [0.2, 0.25) is 0 Å². The molecule has 0 radical (unpaired) electrons. The largest absolute Gasteiger partial charge is 0.0853 e. The van der Waals surface area contributed by atoms with Crippen LogP contribution in [0.15, 0.2) is 11.6 Å². The van der Waals surface area contributed by atoms with Crippen LogP contribution >= 0.6 is 0 Å². The molecule has 0 spiro atoms. The molecule has 2 aliphatic rings. The standard InChI is InChI=1S/C16H28/c1-5-16(3,4)15-11-7-9-13-12(2)8-6-10-14(13)15/h8,13-15H,5-7,9-11H2,1-4H3. The molecule has 2 aliphatic carbocycles. The van der Waals surface area contributed by atoms with Crippen molar-refractivity contribution in [1.29, 1.82) is 0 Å². The van der Waals surface area contributed by atoms with Crippen molar-refractivity contribution in [2.24, 2.45) is 23.2 Å². The van der Waals surface area contributed by atoms with Gasteiger partial charge in [0.1, 0.15) is 0 Å². The average Bonchev–Trinajstić information content (AvgIpc) is 2.29. The lowest BCUT2D eigenvalue weighted by Crippen LogP contribution is -2.39. The molecular weight excluding hydrogens is 192 g/mol. The van der Waals surface area contributed by atoms with E-state index in [2.05, 4.69) is 33.8 Å². The molecule has 0 aromatic rings. The van der Waals surface area contributed by atoms with Gasteiger partial charge >= 0.3 is 0 Å². The Morgan fingerprint density at radius 2 is 2.00 bits per heavy atom. The summed E-state index contributed by atoms with van der Waals surface area (Å²) in [6, 6.07) is 0. The topological polar surface area (TPSA) is 0 Å². The van der Waals surface area contributed by atoms with Crippen molar-refractivity contribution in [3.05, 3.63) is 11.6 Å². The van der Waals surface area contributed by atoms with Gasteiger partial charge in [0.05, 0.1) is 0 Å². The molecule has 0 aromatic heterocycles. The molecule has 0 heterocycles. The van der Waals surface area contributed by atoms with Gasteiger partial charge < -0.3 is 0 Å². The second-order valence-corrected chi connectivity index (χ2v) is 6.68. The fourth-order valence-corrected chi connectivity index (χ4v) is 4.12. The highest BCUT2D eigenvalue weighted by atomic mass is 14.5. The molecule has 92 valence electrons. The lowest BCUT2D eigenvalue weighted by Gasteiger charge is -2.48. The summed E-state index contributed by atoms with van der Waals surface area (Å²) >= 11 is 0. The highest BCUT2D eigenvalue weighted by molar-refractivity contribution is 5.12. The van der Waals surface area contributed by atoms with Crippen molar-refractivity contribution in [3.8, 4) is 0 Å². The van der Waals surface area contributed by atoms with Crippen molar-refractivity contribution in [1.82, 2.24) is 0 Å². The van der Waals surface area contributed by atoms with Crippen LogP contribution in [0.25, 0.3) is 0 Å². The van der Waals surface area contributed by atoms with Gasteiger partial charge in [-0.15, -0.1) is 0 Å². The molecule has 1 fully saturated rings. The number of fused-ring (bicyclic) bond motifs is 1. The summed E-state index contributed by atoms with van der Waals surface area (Å²) in [5.74, 6) is 2.90. The Morgan fingerprint density at radius 3 is 2.69 bits per heavy atom. The fourth-order valence-electron chi connectivity index (χ4n) is 4.12. The zero-order valence-electron chi connectivity index (χ0n) is 11.6. The molecule has 0 nitrogen and oxygen atoms in total. The van der Waals surface area contributed by atoms with Gasteiger partial charge in [-0.25, -0.2) is 0 Å². The third-order valence-electron chi connectivity index (χ3n) is 5.53. The first-order valence-electron chi connectivity index (χ1n) is 7.23. The summed E-state index contributed by atoms with van der Waals surface area (Å²) in [5.41, 5.74) is 2.26. The maximum atomic E-state index is 2.50. The molecule has 0 amide bonds. The van der Waals surface area contributed by atoms with E-state index in [0.29, 0.717) is 5.41 Å². The Hall–Kier alpha value is -0.260. The van der Waals surface area contributed by atoms with E-state index in [4.69, 9.17) is 0 Å². The van der Waals surface area contributed by atoms with Crippen LogP contribution in [0.1, 0.15) is 66.2 Å². The molecule has 0 bridgehead atoms. The zero-order valence-corrected chi connectivity index (χ0v) is 11.6. The Balaban J connectivity index is 2.19. The monoisotopic (exact) mass is 220 g/mol. The Labute approximate surface area is 102 Å². The molecule has 3 atom stereocenters. The van der Waals surface area contributed by atoms with Gasteiger partial charge in [0.15, 0.2) is 0 Å². The van der Waals surface area contributed by atoms with E-state index in [1.54, 1.807) is 5.57 Å². The molecule has 0 aromatic carbocycles. The second kappa shape index (κ2) is 4.55. The van der Waals surface area contributed by atoms with Crippen LogP contribution in [0, 0.1) is 23.2 Å². The van der Waals surface area contributed by atoms with Gasteiger partial charge in [-0.1, -0.05) is 45.3 Å². The highest BCUT2D eigenvalue weighted by Crippen LogP contribution is 2.51. The van der Waals surface area contributed by atoms with E-state index in [-0.39, 0.29) is 0 Å². The first-order chi connectivity index (χ1) is 7.56. The molecule has 0 saturated heterocycles. The summed E-state index contributed by atoms with van der Waals surface area (Å²) in [5, 5.41) is 0. The molecule has 1 saturated carbocycles. The minimum atomic E-state index is 0.557. The maximum absolute atomic E-state index is 2.50. The molecule has 0 heteroatoms. The molecule has 3 unspecified atom stereocenters. The van der Waals surface area contributed by atoms with E-state index in [0.717, 1.165) is 17.8 Å². The summed E-state index contributed by atoms with van der Waals surface area (Å²) in [4.78, 5) is 0. The molecule has 0 N–H and O–H groups in total. The van der Waals surface area contributed by atoms with Crippen LogP contribution in [-0.4, -0.2) is 0 Å². The smallest absolute Gasteiger partial charge is 0.0175 e. The van der Waals surface area contributed by atoms with Crippen molar-refractivity contribution >= 4 is 0 Å². The van der Waals surface area contributed by atoms with Crippen molar-refractivity contribution in [3.63, 3.8) is 0 Å². The Kier molecular flexibility index (Phi) is 3.47. The van der Waals surface area contributed by atoms with Gasteiger partial charge in [-0.2, -0.15) is 0 Å². The predicted molar refractivity (Wildman–Crippen MR) is 71.4 cm³/mol. The van der Waals surface area contributed by atoms with Crippen LogP contribution in [0.2, 0.25) is 0 Å². The van der Waals surface area contributed by atoms with Crippen molar-refractivity contribution in [2.45, 2.75) is 66.2 Å². The van der Waals surface area contributed by atoms with Crippen LogP contribution < -0.4 is 0 Å². The van der Waals surface area contributed by atoms with Crippen molar-refractivity contribution < 1.29 is 0 Å². The summed E-state index contributed by atoms with van der Waals surface area (Å²) in [6.07, 6.45) is 11.0. The number of hydrogen-bond acceptors (Lipinski definition) is 0. The van der Waals surface area contributed by atoms with Crippen molar-refractivity contribution in [2.75, 3.05) is 0 Å². The minimum absolute atomic E-state index is 0.557. The predicted octanol–water partition coefficient (Wildman–Crippen LogP) is 5.20. The number of hydrogen-bond donors (Lipinski definition) is 0. The van der Waals surface area contributed by atoms with E-state index < -0.39 is 0 Å². The summed E-state index contributed by atoms with van der Waals surface area (Å²) in [7, 11) is 0. The number of allylic oxidation sites excluding steroid dienone is 2. The SMILES string of the molecule is CCC(C)(C)C1CCCC2C(C)=CCCC21. The van der Waals surface area contributed by atoms with Crippen LogP contribution in [-0.2, 0) is 0 Å². The molecule has 2 rings (SSSR count). The van der Waals surface area contributed by atoms with Gasteiger partial charge in [0.25, 0.3) is 0 Å². The Morgan fingerprint density at radius 1 is 1.25 bits per heavy atom. The minimum Gasteiger partial charge on any atom is -0.0853 e. The van der Waals surface area contributed by atoms with Gasteiger partial charge in [0, 0.05) is 0 Å². The quantitative estimate of drug-likeness (QED) is 0.561. The highest BCUT2D eigenvalue weighted by Gasteiger charge is 2.41. The first-order valence-corrected chi connectivity index (χ1v) is 7.23. The van der Waals surface area contributed by atoms with E-state index >= 15 is 0 Å². The fraction of sp³-hybridized carbons (Fsp3) is 0.875. The van der Waals surface area contributed by atoms with Gasteiger partial charge in [-0.3, -0.25) is 0 Å². The summed E-state index contributed by atoms with van der Waals surface area (Å²) < 4.78 is 0. The third kappa shape index (κ3) is 2.08. The second-order valence-electron chi connectivity index (χ2n) is 6.68. The molecule has 0 aliphatic heterocycles. The maximum Gasteiger partial charge on any atom is -0.0175 e. The zero-order chi connectivity index (χ0) is 11.8.